The van der Waals surface area contributed by atoms with E-state index in [0.29, 0.717) is 6.07 Å². The minimum atomic E-state index is -4.25. The third-order valence-electron chi connectivity index (χ3n) is 1.90. The van der Waals surface area contributed by atoms with E-state index in [1.165, 1.54) is 0 Å². The zero-order valence-electron chi connectivity index (χ0n) is 8.41. The molecule has 0 spiro atoms. The van der Waals surface area contributed by atoms with E-state index in [1.807, 2.05) is 0 Å². The number of methoxy groups -OCH3 is 1. The molecule has 92 valence electrons. The molecule has 17 heavy (non-hydrogen) atoms. The predicted octanol–water partition coefficient (Wildman–Crippen LogP) is 1.34. The highest BCUT2D eigenvalue weighted by atomic mass is 35.7. The van der Waals surface area contributed by atoms with Crippen molar-refractivity contribution in [1.82, 2.24) is 0 Å². The van der Waals surface area contributed by atoms with Crippen molar-refractivity contribution in [2.45, 2.75) is 4.90 Å². The Morgan fingerprint density at radius 1 is 1.47 bits per heavy atom. The number of halogens is 1. The SMILES string of the molecule is COc1cc(C=O)c(S(=O)(=O)Cl)cc1[N+](=O)[O-]. The van der Waals surface area contributed by atoms with Crippen molar-refractivity contribution in [3.63, 3.8) is 0 Å². The first kappa shape index (κ1) is 13.4. The van der Waals surface area contributed by atoms with Gasteiger partial charge in [0, 0.05) is 22.3 Å². The quantitative estimate of drug-likeness (QED) is 0.356. The molecule has 0 aliphatic carbocycles. The van der Waals surface area contributed by atoms with Crippen LogP contribution >= 0.6 is 10.7 Å². The van der Waals surface area contributed by atoms with Gasteiger partial charge in [0.05, 0.1) is 16.9 Å². The van der Waals surface area contributed by atoms with Crippen LogP contribution in [-0.4, -0.2) is 26.7 Å². The molecule has 0 fully saturated rings. The van der Waals surface area contributed by atoms with Crippen LogP contribution in [0.25, 0.3) is 0 Å². The Hall–Kier alpha value is -1.67. The minimum Gasteiger partial charge on any atom is -0.490 e. The highest BCUT2D eigenvalue weighted by Gasteiger charge is 2.24. The number of ether oxygens (including phenoxy) is 1. The molecular formula is C8H6ClNO6S. The van der Waals surface area contributed by atoms with E-state index in [1.54, 1.807) is 0 Å². The van der Waals surface area contributed by atoms with Crippen molar-refractivity contribution in [2.75, 3.05) is 7.11 Å². The maximum absolute atomic E-state index is 11.1. The number of nitro groups is 1. The minimum absolute atomic E-state index is 0.221. The van der Waals surface area contributed by atoms with Gasteiger partial charge < -0.3 is 4.74 Å². The lowest BCUT2D eigenvalue weighted by molar-refractivity contribution is -0.386. The van der Waals surface area contributed by atoms with Gasteiger partial charge in [0.15, 0.2) is 12.0 Å². The second kappa shape index (κ2) is 4.68. The molecule has 0 bridgehead atoms. The Labute approximate surface area is 101 Å². The van der Waals surface area contributed by atoms with Crippen LogP contribution in [0.5, 0.6) is 5.75 Å². The summed E-state index contributed by atoms with van der Waals surface area (Å²) < 4.78 is 26.9. The third kappa shape index (κ3) is 2.71. The highest BCUT2D eigenvalue weighted by molar-refractivity contribution is 8.13. The number of aldehydes is 1. The van der Waals surface area contributed by atoms with Crippen molar-refractivity contribution in [3.8, 4) is 5.75 Å². The van der Waals surface area contributed by atoms with Crippen LogP contribution in [0.2, 0.25) is 0 Å². The number of benzene rings is 1. The molecule has 0 aliphatic rings. The molecule has 0 heterocycles. The Bertz CT molecular complexity index is 582. The van der Waals surface area contributed by atoms with Gasteiger partial charge >= 0.3 is 5.69 Å². The Morgan fingerprint density at radius 3 is 2.41 bits per heavy atom. The maximum Gasteiger partial charge on any atom is 0.312 e. The van der Waals surface area contributed by atoms with Gasteiger partial charge in [-0.15, -0.1) is 0 Å². The molecule has 1 aromatic carbocycles. The van der Waals surface area contributed by atoms with Gasteiger partial charge in [0.2, 0.25) is 0 Å². The average Bonchev–Trinajstić information content (AvgIpc) is 2.25. The Balaban J connectivity index is 3.68. The van der Waals surface area contributed by atoms with E-state index in [4.69, 9.17) is 10.7 Å². The topological polar surface area (TPSA) is 104 Å². The summed E-state index contributed by atoms with van der Waals surface area (Å²) in [5.74, 6) is -0.221. The molecule has 1 aromatic rings. The number of nitro benzene ring substituents is 1. The molecule has 0 atom stereocenters. The molecular weight excluding hydrogens is 274 g/mol. The van der Waals surface area contributed by atoms with Crippen LogP contribution in [0, 0.1) is 10.1 Å². The van der Waals surface area contributed by atoms with Crippen LogP contribution in [0.1, 0.15) is 10.4 Å². The normalized spacial score (nSPS) is 10.9. The van der Waals surface area contributed by atoms with Gasteiger partial charge in [-0.1, -0.05) is 0 Å². The van der Waals surface area contributed by atoms with E-state index in [-0.39, 0.29) is 17.6 Å². The summed E-state index contributed by atoms with van der Waals surface area (Å²) in [6, 6.07) is 1.63. The zero-order chi connectivity index (χ0) is 13.2. The van der Waals surface area contributed by atoms with Gasteiger partial charge in [0.1, 0.15) is 0 Å². The van der Waals surface area contributed by atoms with Crippen molar-refractivity contribution in [1.29, 1.82) is 0 Å². The fraction of sp³-hybridized carbons (Fsp3) is 0.125. The highest BCUT2D eigenvalue weighted by Crippen LogP contribution is 2.33. The number of nitrogens with zero attached hydrogens (tertiary/aromatic N) is 1. The first-order valence-corrected chi connectivity index (χ1v) is 6.38. The Kier molecular flexibility index (Phi) is 3.69. The van der Waals surface area contributed by atoms with Crippen molar-refractivity contribution in [2.24, 2.45) is 0 Å². The largest absolute Gasteiger partial charge is 0.490 e. The maximum atomic E-state index is 11.1. The molecule has 0 aromatic heterocycles. The van der Waals surface area contributed by atoms with Gasteiger partial charge in [-0.05, 0) is 6.07 Å². The van der Waals surface area contributed by atoms with Gasteiger partial charge in [-0.25, -0.2) is 8.42 Å². The van der Waals surface area contributed by atoms with Crippen molar-refractivity contribution < 1.29 is 22.9 Å². The molecule has 0 radical (unpaired) electrons. The lowest BCUT2D eigenvalue weighted by Gasteiger charge is -2.05. The lowest BCUT2D eigenvalue weighted by Crippen LogP contribution is -2.02. The third-order valence-corrected chi connectivity index (χ3v) is 3.28. The van der Waals surface area contributed by atoms with E-state index >= 15 is 0 Å². The van der Waals surface area contributed by atoms with Crippen LogP contribution in [0.4, 0.5) is 5.69 Å². The number of carbonyl (C=O) groups excluding carboxylic acids is 1. The van der Waals surface area contributed by atoms with E-state index in [9.17, 15) is 23.3 Å². The Morgan fingerprint density at radius 2 is 2.06 bits per heavy atom. The zero-order valence-corrected chi connectivity index (χ0v) is 9.99. The summed E-state index contributed by atoms with van der Waals surface area (Å²) >= 11 is 0. The standard InChI is InChI=1S/C8H6ClNO6S/c1-16-7-2-5(4-11)8(17(9,14)15)3-6(7)10(12)13/h2-4H,1H3. The fourth-order valence-electron chi connectivity index (χ4n) is 1.17. The molecule has 0 saturated carbocycles. The lowest BCUT2D eigenvalue weighted by atomic mass is 10.2. The van der Waals surface area contributed by atoms with Gasteiger partial charge in [-0.2, -0.15) is 0 Å². The van der Waals surface area contributed by atoms with Gasteiger partial charge in [-0.3, -0.25) is 14.9 Å². The summed E-state index contributed by atoms with van der Waals surface area (Å²) in [4.78, 5) is 19.9. The van der Waals surface area contributed by atoms with Crippen LogP contribution in [0.3, 0.4) is 0 Å². The summed E-state index contributed by atoms with van der Waals surface area (Å²) in [5.41, 5.74) is -0.889. The first-order valence-electron chi connectivity index (χ1n) is 4.07. The predicted molar refractivity (Wildman–Crippen MR) is 58.1 cm³/mol. The number of rotatable bonds is 4. The van der Waals surface area contributed by atoms with Crippen LogP contribution in [-0.2, 0) is 9.05 Å². The molecule has 0 unspecified atom stereocenters. The number of carbonyl (C=O) groups is 1. The fourth-order valence-corrected chi connectivity index (χ4v) is 2.22. The first-order chi connectivity index (χ1) is 7.81. The van der Waals surface area contributed by atoms with Gasteiger partial charge in [0.25, 0.3) is 9.05 Å². The monoisotopic (exact) mass is 279 g/mol. The molecule has 0 aliphatic heterocycles. The number of hydrogen-bond acceptors (Lipinski definition) is 6. The summed E-state index contributed by atoms with van der Waals surface area (Å²) in [6.07, 6.45) is 0.224. The summed E-state index contributed by atoms with van der Waals surface area (Å²) in [5, 5.41) is 10.7. The van der Waals surface area contributed by atoms with Crippen molar-refractivity contribution in [3.05, 3.63) is 27.8 Å². The summed E-state index contributed by atoms with van der Waals surface area (Å²) in [6.45, 7) is 0. The molecule has 9 heteroatoms. The van der Waals surface area contributed by atoms with E-state index in [0.717, 1.165) is 13.2 Å². The number of hydrogen-bond donors (Lipinski definition) is 0. The average molecular weight is 280 g/mol. The molecule has 1 rings (SSSR count). The van der Waals surface area contributed by atoms with E-state index in [2.05, 4.69) is 4.74 Å². The second-order valence-electron chi connectivity index (χ2n) is 2.87. The molecule has 0 saturated heterocycles. The van der Waals surface area contributed by atoms with Crippen LogP contribution in [0.15, 0.2) is 17.0 Å². The van der Waals surface area contributed by atoms with E-state index < -0.39 is 24.6 Å². The molecule has 0 N–H and O–H groups in total. The molecule has 7 nitrogen and oxygen atoms in total. The van der Waals surface area contributed by atoms with Crippen LogP contribution < -0.4 is 4.74 Å². The smallest absolute Gasteiger partial charge is 0.312 e. The summed E-state index contributed by atoms with van der Waals surface area (Å²) in [7, 11) is 1.98. The molecule has 0 amide bonds. The second-order valence-corrected chi connectivity index (χ2v) is 5.41. The van der Waals surface area contributed by atoms with Crippen molar-refractivity contribution >= 4 is 31.7 Å².